The number of imidazole rings is 1. The summed E-state index contributed by atoms with van der Waals surface area (Å²) in [5.74, 6) is 0.620. The summed E-state index contributed by atoms with van der Waals surface area (Å²) in [6.45, 7) is 1.37. The number of amides is 1. The van der Waals surface area contributed by atoms with Gasteiger partial charge >= 0.3 is 0 Å². The molecule has 0 radical (unpaired) electrons. The molecule has 1 fully saturated rings. The summed E-state index contributed by atoms with van der Waals surface area (Å²) in [5, 5.41) is 1.03. The van der Waals surface area contributed by atoms with Crippen LogP contribution in [0.5, 0.6) is 0 Å². The predicted molar refractivity (Wildman–Crippen MR) is 119 cm³/mol. The van der Waals surface area contributed by atoms with Gasteiger partial charge in [-0.2, -0.15) is 0 Å². The van der Waals surface area contributed by atoms with Gasteiger partial charge in [0.2, 0.25) is 5.91 Å². The predicted octanol–water partition coefficient (Wildman–Crippen LogP) is 4.17. The van der Waals surface area contributed by atoms with Crippen molar-refractivity contribution in [3.63, 3.8) is 0 Å². The monoisotopic (exact) mass is 417 g/mol. The molecule has 2 aromatic carbocycles. The van der Waals surface area contributed by atoms with Gasteiger partial charge < -0.3 is 15.6 Å². The zero-order valence-corrected chi connectivity index (χ0v) is 17.1. The Hall–Kier alpha value is -3.48. The molecule has 0 spiro atoms. The van der Waals surface area contributed by atoms with E-state index in [4.69, 9.17) is 10.7 Å². The number of rotatable bonds is 4. The second-order valence-electron chi connectivity index (χ2n) is 8.18. The quantitative estimate of drug-likeness (QED) is 0.522. The third-order valence-electron chi connectivity index (χ3n) is 6.01. The van der Waals surface area contributed by atoms with Crippen molar-refractivity contribution in [3.8, 4) is 0 Å². The molecule has 6 nitrogen and oxygen atoms in total. The molecule has 4 aromatic rings. The van der Waals surface area contributed by atoms with Gasteiger partial charge in [-0.3, -0.25) is 9.78 Å². The fraction of sp³-hybridized carbons (Fsp3) is 0.292. The molecule has 1 amide bonds. The van der Waals surface area contributed by atoms with E-state index in [2.05, 4.69) is 9.97 Å². The Bertz CT molecular complexity index is 1270. The van der Waals surface area contributed by atoms with Crippen LogP contribution >= 0.6 is 0 Å². The maximum Gasteiger partial charge on any atom is 0.223 e. The standard InChI is InChI=1S/C24H24FN5O/c25-17-7-8-20-21(13-17)28-22(27-20)9-10-23(31)30-11-3-5-16(14-30)24-18(26)12-15-4-1-2-6-19(15)29-24/h1-2,4,6-8,12-13,16H,3,5,9-11,14,26H2,(H,27,28)/t16-/m1/s1. The summed E-state index contributed by atoms with van der Waals surface area (Å²) in [4.78, 5) is 27.2. The highest BCUT2D eigenvalue weighted by Gasteiger charge is 2.27. The first-order chi connectivity index (χ1) is 15.1. The molecule has 5 rings (SSSR count). The number of nitrogens with one attached hydrogen (secondary N) is 1. The van der Waals surface area contributed by atoms with Gasteiger partial charge in [0.1, 0.15) is 11.6 Å². The lowest BCUT2D eigenvalue weighted by molar-refractivity contribution is -0.132. The lowest BCUT2D eigenvalue weighted by atomic mass is 9.92. The van der Waals surface area contributed by atoms with Crippen molar-refractivity contribution >= 4 is 33.5 Å². The number of nitrogen functional groups attached to an aromatic ring is 1. The van der Waals surface area contributed by atoms with Crippen LogP contribution in [0.4, 0.5) is 10.1 Å². The minimum Gasteiger partial charge on any atom is -0.397 e. The van der Waals surface area contributed by atoms with E-state index in [9.17, 15) is 9.18 Å². The maximum atomic E-state index is 13.4. The minimum atomic E-state index is -0.306. The van der Waals surface area contributed by atoms with Crippen LogP contribution in [0.2, 0.25) is 0 Å². The van der Waals surface area contributed by atoms with E-state index in [1.807, 2.05) is 35.2 Å². The highest BCUT2D eigenvalue weighted by atomic mass is 19.1. The fourth-order valence-electron chi connectivity index (χ4n) is 4.44. The molecular weight excluding hydrogens is 393 g/mol. The van der Waals surface area contributed by atoms with E-state index in [0.717, 1.165) is 36.0 Å². The number of nitrogens with zero attached hydrogens (tertiary/aromatic N) is 3. The number of likely N-dealkylation sites (tertiary alicyclic amines) is 1. The van der Waals surface area contributed by atoms with Gasteiger partial charge in [-0.05, 0) is 43.2 Å². The molecule has 31 heavy (non-hydrogen) atoms. The number of aromatic nitrogens is 3. The van der Waals surface area contributed by atoms with E-state index in [1.165, 1.54) is 12.1 Å². The van der Waals surface area contributed by atoms with Gasteiger partial charge in [0.15, 0.2) is 0 Å². The molecule has 1 aliphatic rings. The molecule has 7 heteroatoms. The number of halogens is 1. The number of anilines is 1. The number of benzene rings is 2. The Kier molecular flexibility index (Phi) is 5.02. The minimum absolute atomic E-state index is 0.0932. The summed E-state index contributed by atoms with van der Waals surface area (Å²) in [6.07, 6.45) is 2.74. The molecule has 1 aliphatic heterocycles. The average molecular weight is 417 g/mol. The van der Waals surface area contributed by atoms with E-state index in [-0.39, 0.29) is 17.6 Å². The first-order valence-electron chi connectivity index (χ1n) is 10.6. The number of piperidine rings is 1. The van der Waals surface area contributed by atoms with Crippen LogP contribution in [-0.2, 0) is 11.2 Å². The highest BCUT2D eigenvalue weighted by Crippen LogP contribution is 2.31. The van der Waals surface area contributed by atoms with Crippen LogP contribution in [0, 0.1) is 5.82 Å². The Morgan fingerprint density at radius 1 is 1.16 bits per heavy atom. The molecule has 3 heterocycles. The van der Waals surface area contributed by atoms with Crippen LogP contribution in [-0.4, -0.2) is 38.8 Å². The van der Waals surface area contributed by atoms with Crippen molar-refractivity contribution in [1.82, 2.24) is 19.9 Å². The zero-order chi connectivity index (χ0) is 21.4. The number of aryl methyl sites for hydroxylation is 1. The van der Waals surface area contributed by atoms with E-state index >= 15 is 0 Å². The average Bonchev–Trinajstić information content (AvgIpc) is 3.19. The number of carbonyl (C=O) groups excluding carboxylic acids is 1. The molecule has 1 saturated heterocycles. The number of pyridine rings is 1. The van der Waals surface area contributed by atoms with E-state index in [0.29, 0.717) is 41.9 Å². The van der Waals surface area contributed by atoms with Gasteiger partial charge in [0, 0.05) is 37.2 Å². The Labute approximate surface area is 179 Å². The summed E-state index contributed by atoms with van der Waals surface area (Å²) in [7, 11) is 0. The van der Waals surface area contributed by atoms with Crippen LogP contribution in [0.15, 0.2) is 48.5 Å². The number of hydrogen-bond acceptors (Lipinski definition) is 4. The second-order valence-corrected chi connectivity index (χ2v) is 8.18. The fourth-order valence-corrected chi connectivity index (χ4v) is 4.44. The zero-order valence-electron chi connectivity index (χ0n) is 17.1. The Morgan fingerprint density at radius 2 is 2.03 bits per heavy atom. The van der Waals surface area contributed by atoms with Gasteiger partial charge in [-0.15, -0.1) is 0 Å². The molecule has 158 valence electrons. The largest absolute Gasteiger partial charge is 0.397 e. The SMILES string of the molecule is Nc1cc2ccccc2nc1[C@@H]1CCCN(C(=O)CCc2nc3ccc(F)cc3[nH]2)C1. The molecular formula is C24H24FN5O. The van der Waals surface area contributed by atoms with Crippen molar-refractivity contribution < 1.29 is 9.18 Å². The molecule has 0 bridgehead atoms. The number of para-hydroxylation sites is 1. The van der Waals surface area contributed by atoms with Crippen molar-refractivity contribution in [1.29, 1.82) is 0 Å². The van der Waals surface area contributed by atoms with Crippen molar-refractivity contribution in [2.75, 3.05) is 18.8 Å². The van der Waals surface area contributed by atoms with Gasteiger partial charge in [-0.25, -0.2) is 9.37 Å². The first-order valence-corrected chi connectivity index (χ1v) is 10.6. The molecule has 0 unspecified atom stereocenters. The number of carbonyl (C=O) groups is 1. The van der Waals surface area contributed by atoms with Crippen molar-refractivity contribution in [2.45, 2.75) is 31.6 Å². The summed E-state index contributed by atoms with van der Waals surface area (Å²) >= 11 is 0. The molecule has 3 N–H and O–H groups in total. The highest BCUT2D eigenvalue weighted by molar-refractivity contribution is 5.82. The van der Waals surface area contributed by atoms with Crippen molar-refractivity contribution in [3.05, 3.63) is 65.9 Å². The van der Waals surface area contributed by atoms with Crippen LogP contribution in [0.1, 0.15) is 36.7 Å². The summed E-state index contributed by atoms with van der Waals surface area (Å²) in [6, 6.07) is 14.4. The number of aromatic amines is 1. The number of H-pyrrole nitrogens is 1. The Balaban J connectivity index is 1.27. The summed E-state index contributed by atoms with van der Waals surface area (Å²) < 4.78 is 13.4. The van der Waals surface area contributed by atoms with E-state index < -0.39 is 0 Å². The third-order valence-corrected chi connectivity index (χ3v) is 6.01. The van der Waals surface area contributed by atoms with Crippen LogP contribution in [0.3, 0.4) is 0 Å². The van der Waals surface area contributed by atoms with Crippen LogP contribution in [0.25, 0.3) is 21.9 Å². The number of hydrogen-bond donors (Lipinski definition) is 2. The first kappa shape index (κ1) is 19.5. The second kappa shape index (κ2) is 7.98. The van der Waals surface area contributed by atoms with Crippen molar-refractivity contribution in [2.24, 2.45) is 0 Å². The number of fused-ring (bicyclic) bond motifs is 2. The van der Waals surface area contributed by atoms with Gasteiger partial charge in [0.25, 0.3) is 0 Å². The molecule has 2 aromatic heterocycles. The molecule has 0 saturated carbocycles. The van der Waals surface area contributed by atoms with E-state index in [1.54, 1.807) is 6.07 Å². The lowest BCUT2D eigenvalue weighted by Gasteiger charge is -2.33. The van der Waals surface area contributed by atoms with Gasteiger partial charge in [-0.1, -0.05) is 18.2 Å². The lowest BCUT2D eigenvalue weighted by Crippen LogP contribution is -2.39. The molecule has 1 atom stereocenters. The third kappa shape index (κ3) is 3.95. The van der Waals surface area contributed by atoms with Gasteiger partial charge in [0.05, 0.1) is 27.9 Å². The molecule has 0 aliphatic carbocycles. The summed E-state index contributed by atoms with van der Waals surface area (Å²) in [5.41, 5.74) is 10.2. The maximum absolute atomic E-state index is 13.4. The Morgan fingerprint density at radius 3 is 2.94 bits per heavy atom. The number of nitrogens with two attached hydrogens (primary N) is 1. The topological polar surface area (TPSA) is 87.9 Å². The van der Waals surface area contributed by atoms with Crippen LogP contribution < -0.4 is 5.73 Å². The smallest absolute Gasteiger partial charge is 0.223 e. The normalized spacial score (nSPS) is 16.8.